The third-order valence-electron chi connectivity index (χ3n) is 1.56. The second-order valence-corrected chi connectivity index (χ2v) is 3.20. The molecule has 0 radical (unpaired) electrons. The summed E-state index contributed by atoms with van der Waals surface area (Å²) >= 11 is 0.539. The van der Waals surface area contributed by atoms with Crippen LogP contribution in [0.1, 0.15) is 5.56 Å². The van der Waals surface area contributed by atoms with Crippen LogP contribution in [0.15, 0.2) is 24.3 Å². The van der Waals surface area contributed by atoms with E-state index < -0.39 is 0 Å². The fourth-order valence-corrected chi connectivity index (χ4v) is 1.09. The molecule has 84 valence electrons. The van der Waals surface area contributed by atoms with Crippen LogP contribution in [0.5, 0.6) is 5.75 Å². The summed E-state index contributed by atoms with van der Waals surface area (Å²) in [6.07, 6.45) is 0. The Morgan fingerprint density at radius 1 is 1.20 bits per heavy atom. The van der Waals surface area contributed by atoms with Crippen LogP contribution < -0.4 is 4.74 Å². The average Bonchev–Trinajstić information content (AvgIpc) is 2.26. The lowest BCUT2D eigenvalue weighted by molar-refractivity contribution is -0.434. The van der Waals surface area contributed by atoms with E-state index in [2.05, 4.69) is 9.37 Å². The molecule has 0 spiro atoms. The molecule has 0 atom stereocenters. The zero-order valence-corrected chi connectivity index (χ0v) is 9.03. The maximum Gasteiger partial charge on any atom is 0.197 e. The molecule has 0 unspecified atom stereocenters. The standard InChI is InChI=1S/C9H12O5S/c1-8-2-4-9(5-3-8)11-6-7-12-15-14-13-10/h2-5,10H,6-7H2,1H3. The lowest BCUT2D eigenvalue weighted by Gasteiger charge is -2.05. The summed E-state index contributed by atoms with van der Waals surface area (Å²) in [6.45, 7) is 2.72. The van der Waals surface area contributed by atoms with Gasteiger partial charge in [-0.25, -0.2) is 5.26 Å². The number of hydrogen-bond acceptors (Lipinski definition) is 6. The van der Waals surface area contributed by atoms with E-state index in [9.17, 15) is 0 Å². The normalized spacial score (nSPS) is 10.3. The van der Waals surface area contributed by atoms with Gasteiger partial charge in [-0.05, 0) is 19.1 Å². The highest BCUT2D eigenvalue weighted by Gasteiger charge is 1.94. The number of hydrogen-bond donors (Lipinski definition) is 1. The molecule has 0 bridgehead atoms. The Morgan fingerprint density at radius 2 is 1.93 bits per heavy atom. The average molecular weight is 232 g/mol. The Balaban J connectivity index is 2.07. The molecule has 1 aromatic carbocycles. The van der Waals surface area contributed by atoms with Gasteiger partial charge in [0.1, 0.15) is 12.4 Å². The van der Waals surface area contributed by atoms with Gasteiger partial charge < -0.3 is 4.74 Å². The largest absolute Gasteiger partial charge is 0.491 e. The molecule has 5 nitrogen and oxygen atoms in total. The van der Waals surface area contributed by atoms with Gasteiger partial charge in [0.2, 0.25) is 0 Å². The highest BCUT2D eigenvalue weighted by molar-refractivity contribution is 7.89. The quantitative estimate of drug-likeness (QED) is 0.337. The molecule has 0 saturated carbocycles. The Hall–Kier alpha value is -0.790. The van der Waals surface area contributed by atoms with E-state index in [4.69, 9.17) is 14.2 Å². The second kappa shape index (κ2) is 7.49. The van der Waals surface area contributed by atoms with Crippen LogP contribution in [0, 0.1) is 6.92 Å². The topological polar surface area (TPSA) is 57.2 Å². The van der Waals surface area contributed by atoms with Gasteiger partial charge in [-0.3, -0.25) is 4.18 Å². The van der Waals surface area contributed by atoms with Crippen molar-refractivity contribution in [1.82, 2.24) is 0 Å². The summed E-state index contributed by atoms with van der Waals surface area (Å²) in [5.74, 6) is 0.786. The summed E-state index contributed by atoms with van der Waals surface area (Å²) in [6, 6.07) is 7.70. The van der Waals surface area contributed by atoms with Gasteiger partial charge in [0, 0.05) is 0 Å². The molecule has 0 aliphatic carbocycles. The molecule has 0 aliphatic rings. The molecule has 15 heavy (non-hydrogen) atoms. The number of rotatable bonds is 7. The van der Waals surface area contributed by atoms with Crippen LogP contribution in [0.2, 0.25) is 0 Å². The smallest absolute Gasteiger partial charge is 0.197 e. The van der Waals surface area contributed by atoms with Crippen LogP contribution >= 0.6 is 12.3 Å². The molecule has 0 aromatic heterocycles. The van der Waals surface area contributed by atoms with E-state index >= 15 is 0 Å². The molecule has 0 aliphatic heterocycles. The number of ether oxygens (including phenoxy) is 1. The zero-order valence-electron chi connectivity index (χ0n) is 8.21. The zero-order chi connectivity index (χ0) is 10.9. The van der Waals surface area contributed by atoms with Crippen molar-refractivity contribution in [2.75, 3.05) is 13.2 Å². The Kier molecular flexibility index (Phi) is 6.14. The van der Waals surface area contributed by atoms with Crippen LogP contribution in [0.25, 0.3) is 0 Å². The predicted octanol–water partition coefficient (Wildman–Crippen LogP) is 2.37. The lowest BCUT2D eigenvalue weighted by atomic mass is 10.2. The van der Waals surface area contributed by atoms with Crippen LogP contribution in [-0.4, -0.2) is 18.5 Å². The minimum absolute atomic E-state index is 0.321. The van der Waals surface area contributed by atoms with Gasteiger partial charge >= 0.3 is 0 Å². The van der Waals surface area contributed by atoms with E-state index in [0.717, 1.165) is 5.75 Å². The molecular weight excluding hydrogens is 220 g/mol. The fourth-order valence-electron chi connectivity index (χ4n) is 0.894. The first-order valence-electron chi connectivity index (χ1n) is 4.29. The van der Waals surface area contributed by atoms with Crippen molar-refractivity contribution in [3.8, 4) is 5.75 Å². The summed E-state index contributed by atoms with van der Waals surface area (Å²) in [5, 5.41) is 11.1. The van der Waals surface area contributed by atoms with Crippen LogP contribution in [-0.2, 0) is 13.6 Å². The molecule has 0 amide bonds. The molecule has 1 N–H and O–H groups in total. The summed E-state index contributed by atoms with van der Waals surface area (Å²) in [5.41, 5.74) is 1.18. The van der Waals surface area contributed by atoms with Crippen molar-refractivity contribution in [1.29, 1.82) is 0 Å². The highest BCUT2D eigenvalue weighted by atomic mass is 32.2. The fraction of sp³-hybridized carbons (Fsp3) is 0.333. The maximum atomic E-state index is 7.77. The Labute approximate surface area is 92.2 Å². The first-order valence-corrected chi connectivity index (χ1v) is 4.95. The Bertz CT molecular complexity index is 264. The monoisotopic (exact) mass is 232 g/mol. The molecule has 0 heterocycles. The van der Waals surface area contributed by atoms with Crippen molar-refractivity contribution < 1.29 is 23.5 Å². The molecular formula is C9H12O5S. The minimum atomic E-state index is 0.321. The highest BCUT2D eigenvalue weighted by Crippen LogP contribution is 2.11. The van der Waals surface area contributed by atoms with Gasteiger partial charge in [-0.2, -0.15) is 0 Å². The third kappa shape index (κ3) is 5.60. The third-order valence-corrected chi connectivity index (χ3v) is 1.94. The Morgan fingerprint density at radius 3 is 2.60 bits per heavy atom. The van der Waals surface area contributed by atoms with Crippen LogP contribution in [0.3, 0.4) is 0 Å². The molecule has 1 rings (SSSR count). The van der Waals surface area contributed by atoms with Crippen molar-refractivity contribution in [2.45, 2.75) is 6.92 Å². The second-order valence-electron chi connectivity index (χ2n) is 2.69. The predicted molar refractivity (Wildman–Crippen MR) is 55.0 cm³/mol. The molecule has 6 heteroatoms. The van der Waals surface area contributed by atoms with Gasteiger partial charge in [-0.1, -0.05) is 22.7 Å². The van der Waals surface area contributed by atoms with Gasteiger partial charge in [0.05, 0.1) is 6.61 Å². The number of aryl methyl sites for hydroxylation is 1. The van der Waals surface area contributed by atoms with Crippen molar-refractivity contribution >= 4 is 12.3 Å². The van der Waals surface area contributed by atoms with Crippen molar-refractivity contribution in [3.05, 3.63) is 29.8 Å². The van der Waals surface area contributed by atoms with Crippen LogP contribution in [0.4, 0.5) is 0 Å². The number of benzene rings is 1. The van der Waals surface area contributed by atoms with Gasteiger partial charge in [0.25, 0.3) is 0 Å². The SMILES string of the molecule is Cc1ccc(OCCOSOOO)cc1. The summed E-state index contributed by atoms with van der Waals surface area (Å²) in [7, 11) is 0. The summed E-state index contributed by atoms with van der Waals surface area (Å²) in [4.78, 5) is 0. The lowest BCUT2D eigenvalue weighted by Crippen LogP contribution is -2.03. The molecule has 0 fully saturated rings. The first kappa shape index (κ1) is 12.3. The van der Waals surface area contributed by atoms with Crippen molar-refractivity contribution in [2.24, 2.45) is 0 Å². The van der Waals surface area contributed by atoms with E-state index in [0.29, 0.717) is 25.5 Å². The van der Waals surface area contributed by atoms with E-state index in [1.165, 1.54) is 5.56 Å². The molecule has 0 saturated heterocycles. The first-order chi connectivity index (χ1) is 7.33. The van der Waals surface area contributed by atoms with E-state index in [1.54, 1.807) is 0 Å². The summed E-state index contributed by atoms with van der Waals surface area (Å²) < 4.78 is 14.1. The molecule has 1 aromatic rings. The van der Waals surface area contributed by atoms with Gasteiger partial charge in [-0.15, -0.1) is 4.33 Å². The maximum absolute atomic E-state index is 7.77. The van der Waals surface area contributed by atoms with Crippen molar-refractivity contribution in [3.63, 3.8) is 0 Å². The minimum Gasteiger partial charge on any atom is -0.491 e. The van der Waals surface area contributed by atoms with E-state index in [-0.39, 0.29) is 0 Å². The van der Waals surface area contributed by atoms with Gasteiger partial charge in [0.15, 0.2) is 12.3 Å². The van der Waals surface area contributed by atoms with E-state index in [1.807, 2.05) is 31.2 Å².